The monoisotopic (exact) mass is 298 g/mol. The van der Waals surface area contributed by atoms with E-state index in [1.165, 1.54) is 0 Å². The number of alkyl halides is 1. The molecule has 0 heterocycles. The largest absolute Gasteiger partial charge is 0.348 e. The third kappa shape index (κ3) is 4.34. The number of carbonyl (C=O) groups is 1. The lowest BCUT2D eigenvalue weighted by Gasteiger charge is -2.16. The van der Waals surface area contributed by atoms with E-state index in [1.807, 2.05) is 36.4 Å². The summed E-state index contributed by atoms with van der Waals surface area (Å²) in [6.45, 7) is 0. The van der Waals surface area contributed by atoms with Gasteiger partial charge in [-0.1, -0.05) is 30.3 Å². The first-order valence-electron chi connectivity index (χ1n) is 6.64. The summed E-state index contributed by atoms with van der Waals surface area (Å²) in [5.74, 6) is 0.165. The molecule has 4 heteroatoms. The normalized spacial score (nSPS) is 11.4. The molecule has 1 atom stereocenters. The van der Waals surface area contributed by atoms with Crippen LogP contribution < -0.4 is 5.32 Å². The lowest BCUT2D eigenvalue weighted by molar-refractivity contribution is 0.0940. The molecule has 0 radical (unpaired) electrons. The van der Waals surface area contributed by atoms with Crippen LogP contribution in [0, 0.1) is 11.3 Å². The summed E-state index contributed by atoms with van der Waals surface area (Å²) in [5.41, 5.74) is 2.19. The lowest BCUT2D eigenvalue weighted by Crippen LogP contribution is -2.37. The molecular weight excluding hydrogens is 284 g/mol. The van der Waals surface area contributed by atoms with Gasteiger partial charge < -0.3 is 5.32 Å². The molecule has 0 spiro atoms. The number of nitrogens with one attached hydrogen (secondary N) is 1. The van der Waals surface area contributed by atoms with Crippen molar-refractivity contribution in [2.24, 2.45) is 0 Å². The number of nitrogens with zero attached hydrogens (tertiary/aromatic N) is 1. The molecular formula is C17H15ClN2O. The molecule has 0 aromatic heterocycles. The maximum absolute atomic E-state index is 12.2. The summed E-state index contributed by atoms with van der Waals surface area (Å²) in [4.78, 5) is 12.2. The molecule has 3 nitrogen and oxygen atoms in total. The molecule has 2 aromatic rings. The van der Waals surface area contributed by atoms with Crippen LogP contribution in [0.25, 0.3) is 0 Å². The van der Waals surface area contributed by atoms with Crippen molar-refractivity contribution in [1.82, 2.24) is 5.32 Å². The Balaban J connectivity index is 2.00. The number of amides is 1. The predicted molar refractivity (Wildman–Crippen MR) is 83.3 cm³/mol. The molecule has 21 heavy (non-hydrogen) atoms. The van der Waals surface area contributed by atoms with Crippen LogP contribution in [-0.4, -0.2) is 17.8 Å². The maximum Gasteiger partial charge on any atom is 0.251 e. The number of carbonyl (C=O) groups excluding carboxylic acids is 1. The van der Waals surface area contributed by atoms with Crippen LogP contribution in [0.1, 0.15) is 21.5 Å². The minimum atomic E-state index is -0.180. The van der Waals surface area contributed by atoms with Gasteiger partial charge in [-0.15, -0.1) is 11.6 Å². The van der Waals surface area contributed by atoms with Gasteiger partial charge in [0.2, 0.25) is 0 Å². The molecule has 0 aliphatic rings. The summed E-state index contributed by atoms with van der Waals surface area (Å²) in [7, 11) is 0. The van der Waals surface area contributed by atoms with Gasteiger partial charge in [-0.25, -0.2) is 0 Å². The molecule has 2 aromatic carbocycles. The predicted octanol–water partition coefficient (Wildman–Crippen LogP) is 3.14. The summed E-state index contributed by atoms with van der Waals surface area (Å²) in [6.07, 6.45) is 0.687. The van der Waals surface area contributed by atoms with Gasteiger partial charge in [0.1, 0.15) is 0 Å². The molecule has 0 bridgehead atoms. The van der Waals surface area contributed by atoms with Crippen molar-refractivity contribution in [3.63, 3.8) is 0 Å². The van der Waals surface area contributed by atoms with E-state index in [-0.39, 0.29) is 11.9 Å². The Morgan fingerprint density at radius 3 is 2.38 bits per heavy atom. The quantitative estimate of drug-likeness (QED) is 0.862. The number of rotatable bonds is 5. The van der Waals surface area contributed by atoms with Gasteiger partial charge in [-0.3, -0.25) is 4.79 Å². The van der Waals surface area contributed by atoms with E-state index in [0.717, 1.165) is 5.56 Å². The Morgan fingerprint density at radius 2 is 1.81 bits per heavy atom. The molecule has 0 saturated carbocycles. The van der Waals surface area contributed by atoms with Crippen LogP contribution in [0.4, 0.5) is 0 Å². The summed E-state index contributed by atoms with van der Waals surface area (Å²) >= 11 is 5.94. The van der Waals surface area contributed by atoms with Gasteiger partial charge in [0.25, 0.3) is 5.91 Å². The molecule has 1 unspecified atom stereocenters. The highest BCUT2D eigenvalue weighted by Gasteiger charge is 2.13. The van der Waals surface area contributed by atoms with Crippen LogP contribution in [0.3, 0.4) is 0 Å². The first kappa shape index (κ1) is 15.1. The zero-order valence-corrected chi connectivity index (χ0v) is 12.2. The number of halogens is 1. The fourth-order valence-corrected chi connectivity index (χ4v) is 2.19. The van der Waals surface area contributed by atoms with Gasteiger partial charge in [-0.05, 0) is 36.2 Å². The topological polar surface area (TPSA) is 52.9 Å². The van der Waals surface area contributed by atoms with E-state index in [4.69, 9.17) is 16.9 Å². The molecule has 0 fully saturated rings. The molecule has 106 valence electrons. The Morgan fingerprint density at radius 1 is 1.14 bits per heavy atom. The Hall–Kier alpha value is -2.31. The van der Waals surface area contributed by atoms with Crippen molar-refractivity contribution < 1.29 is 4.79 Å². The SMILES string of the molecule is N#Cc1ccc(C(=O)NC(CCl)Cc2ccccc2)cc1. The molecule has 0 aliphatic carbocycles. The lowest BCUT2D eigenvalue weighted by atomic mass is 10.1. The minimum Gasteiger partial charge on any atom is -0.348 e. The first-order valence-corrected chi connectivity index (χ1v) is 7.17. The van der Waals surface area contributed by atoms with E-state index in [1.54, 1.807) is 24.3 Å². The van der Waals surface area contributed by atoms with Gasteiger partial charge >= 0.3 is 0 Å². The molecule has 1 amide bonds. The molecule has 0 saturated heterocycles. The van der Waals surface area contributed by atoms with E-state index in [9.17, 15) is 4.79 Å². The Labute approximate surface area is 129 Å². The van der Waals surface area contributed by atoms with Crippen molar-refractivity contribution >= 4 is 17.5 Å². The molecule has 2 rings (SSSR count). The third-order valence-corrected chi connectivity index (χ3v) is 3.50. The van der Waals surface area contributed by atoms with Crippen molar-refractivity contribution in [3.8, 4) is 6.07 Å². The minimum absolute atomic E-state index is 0.128. The van der Waals surface area contributed by atoms with Gasteiger partial charge in [0.15, 0.2) is 0 Å². The van der Waals surface area contributed by atoms with Crippen LogP contribution in [-0.2, 0) is 6.42 Å². The number of benzene rings is 2. The standard InChI is InChI=1S/C17H15ClN2O/c18-11-16(10-13-4-2-1-3-5-13)20-17(21)15-8-6-14(12-19)7-9-15/h1-9,16H,10-11H2,(H,20,21). The zero-order valence-electron chi connectivity index (χ0n) is 11.4. The fraction of sp³-hybridized carbons (Fsp3) is 0.176. The van der Waals surface area contributed by atoms with Crippen molar-refractivity contribution in [1.29, 1.82) is 5.26 Å². The second-order valence-electron chi connectivity index (χ2n) is 4.70. The zero-order chi connectivity index (χ0) is 15.1. The van der Waals surface area contributed by atoms with Crippen LogP contribution in [0.15, 0.2) is 54.6 Å². The number of hydrogen-bond donors (Lipinski definition) is 1. The van der Waals surface area contributed by atoms with Crippen LogP contribution >= 0.6 is 11.6 Å². The summed E-state index contributed by atoms with van der Waals surface area (Å²) in [5, 5.41) is 11.7. The average molecular weight is 299 g/mol. The van der Waals surface area contributed by atoms with Gasteiger partial charge in [-0.2, -0.15) is 5.26 Å². The summed E-state index contributed by atoms with van der Waals surface area (Å²) < 4.78 is 0. The van der Waals surface area contributed by atoms with Gasteiger partial charge in [0, 0.05) is 17.5 Å². The molecule has 1 N–H and O–H groups in total. The van der Waals surface area contributed by atoms with Crippen molar-refractivity contribution in [3.05, 3.63) is 71.3 Å². The van der Waals surface area contributed by atoms with E-state index >= 15 is 0 Å². The van der Waals surface area contributed by atoms with Crippen LogP contribution in [0.2, 0.25) is 0 Å². The second-order valence-corrected chi connectivity index (χ2v) is 5.01. The third-order valence-electron chi connectivity index (χ3n) is 3.12. The maximum atomic E-state index is 12.2. The second kappa shape index (κ2) is 7.47. The number of hydrogen-bond acceptors (Lipinski definition) is 2. The molecule has 0 aliphatic heterocycles. The van der Waals surface area contributed by atoms with Crippen LogP contribution in [0.5, 0.6) is 0 Å². The Kier molecular flexibility index (Phi) is 5.36. The van der Waals surface area contributed by atoms with Gasteiger partial charge in [0.05, 0.1) is 11.6 Å². The summed E-state index contributed by atoms with van der Waals surface area (Å²) in [6, 6.07) is 18.3. The van der Waals surface area contributed by atoms with E-state index < -0.39 is 0 Å². The highest BCUT2D eigenvalue weighted by molar-refractivity contribution is 6.18. The van der Waals surface area contributed by atoms with E-state index in [2.05, 4.69) is 5.32 Å². The highest BCUT2D eigenvalue weighted by Crippen LogP contribution is 2.07. The fourth-order valence-electron chi connectivity index (χ4n) is 2.01. The smallest absolute Gasteiger partial charge is 0.251 e. The van der Waals surface area contributed by atoms with Crippen molar-refractivity contribution in [2.75, 3.05) is 5.88 Å². The average Bonchev–Trinajstić information content (AvgIpc) is 2.55. The number of nitriles is 1. The van der Waals surface area contributed by atoms with Crippen molar-refractivity contribution in [2.45, 2.75) is 12.5 Å². The highest BCUT2D eigenvalue weighted by atomic mass is 35.5. The Bertz CT molecular complexity index is 632. The van der Waals surface area contributed by atoms with E-state index in [0.29, 0.717) is 23.4 Å². The first-order chi connectivity index (χ1) is 10.2.